The van der Waals surface area contributed by atoms with E-state index in [9.17, 15) is 9.59 Å². The molecule has 1 heterocycles. The molecule has 0 aromatic heterocycles. The molecule has 1 aromatic carbocycles. The van der Waals surface area contributed by atoms with E-state index in [1.165, 1.54) is 0 Å². The molecule has 1 fully saturated rings. The van der Waals surface area contributed by atoms with E-state index in [2.05, 4.69) is 0 Å². The predicted molar refractivity (Wildman–Crippen MR) is 76.0 cm³/mol. The Morgan fingerprint density at radius 2 is 2.00 bits per heavy atom. The number of likely N-dealkylation sites (tertiary alicyclic amines) is 1. The van der Waals surface area contributed by atoms with E-state index in [1.807, 2.05) is 44.2 Å². The first kappa shape index (κ1) is 14.6. The summed E-state index contributed by atoms with van der Waals surface area (Å²) in [7, 11) is 0. The van der Waals surface area contributed by atoms with Gasteiger partial charge in [0.2, 0.25) is 5.91 Å². The molecule has 0 radical (unpaired) electrons. The Hall–Kier alpha value is -1.84. The number of benzene rings is 1. The third kappa shape index (κ3) is 3.59. The Kier molecular flexibility index (Phi) is 4.42. The lowest BCUT2D eigenvalue weighted by Crippen LogP contribution is -2.31. The van der Waals surface area contributed by atoms with Crippen LogP contribution in [0.3, 0.4) is 0 Å². The first-order valence-corrected chi connectivity index (χ1v) is 6.98. The SMILES string of the molecule is CC(C)(CC(=O)OCN1CCCC1=O)c1ccccc1. The van der Waals surface area contributed by atoms with Crippen molar-refractivity contribution in [1.82, 2.24) is 4.90 Å². The molecule has 1 amide bonds. The van der Waals surface area contributed by atoms with Crippen LogP contribution in [0.4, 0.5) is 0 Å². The molecule has 2 rings (SSSR count). The minimum Gasteiger partial charge on any atom is -0.444 e. The lowest BCUT2D eigenvalue weighted by molar-refractivity contribution is -0.152. The van der Waals surface area contributed by atoms with Gasteiger partial charge in [-0.05, 0) is 12.0 Å². The number of carbonyl (C=O) groups excluding carboxylic acids is 2. The highest BCUT2D eigenvalue weighted by molar-refractivity contribution is 5.78. The third-order valence-electron chi connectivity index (χ3n) is 3.69. The number of hydrogen-bond donors (Lipinski definition) is 0. The van der Waals surface area contributed by atoms with Gasteiger partial charge < -0.3 is 9.64 Å². The second-order valence-electron chi connectivity index (χ2n) is 5.83. The first-order valence-electron chi connectivity index (χ1n) is 6.98. The second-order valence-corrected chi connectivity index (χ2v) is 5.83. The van der Waals surface area contributed by atoms with Crippen LogP contribution in [0.5, 0.6) is 0 Å². The topological polar surface area (TPSA) is 46.6 Å². The van der Waals surface area contributed by atoms with Crippen LogP contribution in [0.2, 0.25) is 0 Å². The molecule has 4 heteroatoms. The average molecular weight is 275 g/mol. The van der Waals surface area contributed by atoms with Gasteiger partial charge in [-0.25, -0.2) is 0 Å². The fourth-order valence-corrected chi connectivity index (χ4v) is 2.39. The Morgan fingerprint density at radius 1 is 1.30 bits per heavy atom. The van der Waals surface area contributed by atoms with Crippen LogP contribution in [0, 0.1) is 0 Å². The van der Waals surface area contributed by atoms with Crippen molar-refractivity contribution in [2.45, 2.75) is 38.5 Å². The molecule has 1 saturated heterocycles. The molecule has 0 spiro atoms. The van der Waals surface area contributed by atoms with Gasteiger partial charge >= 0.3 is 5.97 Å². The highest BCUT2D eigenvalue weighted by Crippen LogP contribution is 2.27. The zero-order valence-corrected chi connectivity index (χ0v) is 12.1. The van der Waals surface area contributed by atoms with Gasteiger partial charge in [0.05, 0.1) is 6.42 Å². The maximum atomic E-state index is 11.9. The summed E-state index contributed by atoms with van der Waals surface area (Å²) in [5.74, 6) is -0.196. The maximum absolute atomic E-state index is 11.9. The minimum absolute atomic E-state index is 0.0696. The highest BCUT2D eigenvalue weighted by atomic mass is 16.5. The first-order chi connectivity index (χ1) is 9.49. The molecule has 1 aliphatic heterocycles. The van der Waals surface area contributed by atoms with Crippen molar-refractivity contribution in [1.29, 1.82) is 0 Å². The molecule has 108 valence electrons. The molecule has 0 bridgehead atoms. The van der Waals surface area contributed by atoms with Gasteiger partial charge in [0.25, 0.3) is 0 Å². The third-order valence-corrected chi connectivity index (χ3v) is 3.69. The van der Waals surface area contributed by atoms with Crippen LogP contribution in [-0.2, 0) is 19.7 Å². The molecule has 4 nitrogen and oxygen atoms in total. The smallest absolute Gasteiger partial charge is 0.308 e. The zero-order chi connectivity index (χ0) is 14.6. The largest absolute Gasteiger partial charge is 0.444 e. The summed E-state index contributed by atoms with van der Waals surface area (Å²) in [6, 6.07) is 9.90. The summed E-state index contributed by atoms with van der Waals surface area (Å²) in [4.78, 5) is 25.0. The van der Waals surface area contributed by atoms with E-state index < -0.39 is 0 Å². The molecule has 0 saturated carbocycles. The summed E-state index contributed by atoms with van der Waals surface area (Å²) in [6.07, 6.45) is 1.72. The molecule has 20 heavy (non-hydrogen) atoms. The van der Waals surface area contributed by atoms with E-state index in [-0.39, 0.29) is 24.0 Å². The summed E-state index contributed by atoms with van der Waals surface area (Å²) in [5.41, 5.74) is 0.835. The quantitative estimate of drug-likeness (QED) is 0.776. The fraction of sp³-hybridized carbons (Fsp3) is 0.500. The van der Waals surface area contributed by atoms with E-state index >= 15 is 0 Å². The Bertz CT molecular complexity index is 482. The normalized spacial score (nSPS) is 15.5. The number of rotatable bonds is 5. The molecule has 1 aromatic rings. The van der Waals surface area contributed by atoms with Crippen molar-refractivity contribution in [3.05, 3.63) is 35.9 Å². The molecule has 0 unspecified atom stereocenters. The number of ether oxygens (including phenoxy) is 1. The van der Waals surface area contributed by atoms with E-state index in [0.717, 1.165) is 12.0 Å². The second kappa shape index (κ2) is 6.07. The van der Waals surface area contributed by atoms with Crippen molar-refractivity contribution in [2.24, 2.45) is 0 Å². The van der Waals surface area contributed by atoms with Gasteiger partial charge in [0, 0.05) is 18.4 Å². The summed E-state index contributed by atoms with van der Waals surface area (Å²) < 4.78 is 5.22. The van der Waals surface area contributed by atoms with E-state index in [0.29, 0.717) is 19.4 Å². The Balaban J connectivity index is 1.86. The van der Waals surface area contributed by atoms with Gasteiger partial charge in [-0.2, -0.15) is 0 Å². The van der Waals surface area contributed by atoms with Gasteiger partial charge in [-0.1, -0.05) is 44.2 Å². The van der Waals surface area contributed by atoms with E-state index in [1.54, 1.807) is 4.90 Å². The van der Waals surface area contributed by atoms with Crippen LogP contribution in [0.25, 0.3) is 0 Å². The van der Waals surface area contributed by atoms with Crippen LogP contribution in [-0.4, -0.2) is 30.1 Å². The summed E-state index contributed by atoms with van der Waals surface area (Å²) >= 11 is 0. The van der Waals surface area contributed by atoms with Gasteiger partial charge in [-0.15, -0.1) is 0 Å². The zero-order valence-electron chi connectivity index (χ0n) is 12.1. The van der Waals surface area contributed by atoms with Crippen LogP contribution < -0.4 is 0 Å². The van der Waals surface area contributed by atoms with Crippen molar-refractivity contribution >= 4 is 11.9 Å². The van der Waals surface area contributed by atoms with Crippen molar-refractivity contribution in [2.75, 3.05) is 13.3 Å². The molecule has 0 aliphatic carbocycles. The van der Waals surface area contributed by atoms with Crippen LogP contribution >= 0.6 is 0 Å². The molecular formula is C16H21NO3. The van der Waals surface area contributed by atoms with Crippen molar-refractivity contribution < 1.29 is 14.3 Å². The minimum atomic E-state index is -0.270. The highest BCUT2D eigenvalue weighted by Gasteiger charge is 2.26. The van der Waals surface area contributed by atoms with Gasteiger partial charge in [0.1, 0.15) is 0 Å². The Morgan fingerprint density at radius 3 is 2.60 bits per heavy atom. The summed E-state index contributed by atoms with van der Waals surface area (Å²) in [5, 5.41) is 0. The molecular weight excluding hydrogens is 254 g/mol. The standard InChI is InChI=1S/C16H21NO3/c1-16(2,13-7-4-3-5-8-13)11-15(19)20-12-17-10-6-9-14(17)18/h3-5,7-8H,6,9-12H2,1-2H3. The number of amides is 1. The number of esters is 1. The Labute approximate surface area is 119 Å². The number of carbonyl (C=O) groups is 2. The predicted octanol–water partition coefficient (Wildman–Crippen LogP) is 2.48. The number of nitrogens with zero attached hydrogens (tertiary/aromatic N) is 1. The van der Waals surface area contributed by atoms with Gasteiger partial charge in [0.15, 0.2) is 6.73 Å². The monoisotopic (exact) mass is 275 g/mol. The maximum Gasteiger partial charge on any atom is 0.308 e. The van der Waals surface area contributed by atoms with Crippen molar-refractivity contribution in [3.8, 4) is 0 Å². The average Bonchev–Trinajstić information content (AvgIpc) is 2.82. The molecule has 0 N–H and O–H groups in total. The lowest BCUT2D eigenvalue weighted by Gasteiger charge is -2.24. The van der Waals surface area contributed by atoms with Crippen molar-refractivity contribution in [3.63, 3.8) is 0 Å². The lowest BCUT2D eigenvalue weighted by atomic mass is 9.82. The van der Waals surface area contributed by atoms with Gasteiger partial charge in [-0.3, -0.25) is 9.59 Å². The van der Waals surface area contributed by atoms with E-state index in [4.69, 9.17) is 4.74 Å². The summed E-state index contributed by atoms with van der Waals surface area (Å²) in [6.45, 7) is 4.81. The molecule has 1 aliphatic rings. The van der Waals surface area contributed by atoms with Crippen LogP contribution in [0.15, 0.2) is 30.3 Å². The molecule has 0 atom stereocenters. The fourth-order valence-electron chi connectivity index (χ4n) is 2.39. The number of hydrogen-bond acceptors (Lipinski definition) is 3. The van der Waals surface area contributed by atoms with Crippen LogP contribution in [0.1, 0.15) is 38.7 Å².